The summed E-state index contributed by atoms with van der Waals surface area (Å²) in [5.74, 6) is 0. The van der Waals surface area contributed by atoms with Crippen LogP contribution in [0.1, 0.15) is 0 Å². The van der Waals surface area contributed by atoms with Gasteiger partial charge in [-0.15, -0.1) is 0 Å². The van der Waals surface area contributed by atoms with Crippen molar-refractivity contribution in [2.24, 2.45) is 0 Å². The van der Waals surface area contributed by atoms with Gasteiger partial charge in [0, 0.05) is 22.7 Å². The molecular formula is C35H22N2O2. The number of benzene rings is 5. The molecule has 0 aliphatic carbocycles. The van der Waals surface area contributed by atoms with Crippen molar-refractivity contribution >= 4 is 43.7 Å². The van der Waals surface area contributed by atoms with Crippen LogP contribution in [0.4, 0.5) is 0 Å². The van der Waals surface area contributed by atoms with Crippen LogP contribution in [0.5, 0.6) is 0 Å². The van der Waals surface area contributed by atoms with Gasteiger partial charge in [0.25, 0.3) is 5.56 Å². The van der Waals surface area contributed by atoms with Crippen molar-refractivity contribution in [3.8, 4) is 22.5 Å². The summed E-state index contributed by atoms with van der Waals surface area (Å²) in [5, 5.41) is 3.56. The Kier molecular flexibility index (Phi) is 4.64. The highest BCUT2D eigenvalue weighted by atomic mass is 16.3. The third-order valence-electron chi connectivity index (χ3n) is 7.58. The molecule has 0 bridgehead atoms. The van der Waals surface area contributed by atoms with Gasteiger partial charge in [-0.1, -0.05) is 84.9 Å². The lowest BCUT2D eigenvalue weighted by molar-refractivity contribution is 0.669. The van der Waals surface area contributed by atoms with Crippen molar-refractivity contribution in [2.75, 3.05) is 0 Å². The summed E-state index contributed by atoms with van der Waals surface area (Å²) < 4.78 is 10.0. The van der Waals surface area contributed by atoms with Gasteiger partial charge in [0.2, 0.25) is 0 Å². The molecule has 39 heavy (non-hydrogen) atoms. The van der Waals surface area contributed by atoms with E-state index in [9.17, 15) is 4.79 Å². The largest absolute Gasteiger partial charge is 0.456 e. The van der Waals surface area contributed by atoms with Crippen molar-refractivity contribution in [1.29, 1.82) is 0 Å². The van der Waals surface area contributed by atoms with Crippen molar-refractivity contribution in [1.82, 2.24) is 9.13 Å². The summed E-state index contributed by atoms with van der Waals surface area (Å²) in [5.41, 5.74) is 7.51. The number of furan rings is 1. The molecule has 0 unspecified atom stereocenters. The summed E-state index contributed by atoms with van der Waals surface area (Å²) in [4.78, 5) is 14.3. The second kappa shape index (κ2) is 8.33. The summed E-state index contributed by atoms with van der Waals surface area (Å²) in [6.45, 7) is 0. The second-order valence-corrected chi connectivity index (χ2v) is 9.77. The third-order valence-corrected chi connectivity index (χ3v) is 7.58. The van der Waals surface area contributed by atoms with Crippen LogP contribution in [0, 0.1) is 0 Å². The van der Waals surface area contributed by atoms with E-state index in [4.69, 9.17) is 4.42 Å². The second-order valence-electron chi connectivity index (χ2n) is 9.77. The van der Waals surface area contributed by atoms with Gasteiger partial charge in [0.15, 0.2) is 0 Å². The highest BCUT2D eigenvalue weighted by molar-refractivity contribution is 6.11. The monoisotopic (exact) mass is 502 g/mol. The van der Waals surface area contributed by atoms with E-state index in [0.717, 1.165) is 60.9 Å². The average Bonchev–Trinajstić information content (AvgIpc) is 3.54. The number of pyridine rings is 1. The maximum absolute atomic E-state index is 14.3. The fourth-order valence-electron chi connectivity index (χ4n) is 5.86. The van der Waals surface area contributed by atoms with Crippen LogP contribution in [0.15, 0.2) is 143 Å². The summed E-state index contributed by atoms with van der Waals surface area (Å²) >= 11 is 0. The fourth-order valence-corrected chi connectivity index (χ4v) is 5.86. The molecular weight excluding hydrogens is 480 g/mol. The molecule has 5 aromatic carbocycles. The predicted octanol–water partition coefficient (Wildman–Crippen LogP) is 8.50. The lowest BCUT2D eigenvalue weighted by Crippen LogP contribution is -2.17. The van der Waals surface area contributed by atoms with E-state index in [1.807, 2.05) is 79.0 Å². The van der Waals surface area contributed by atoms with E-state index in [1.165, 1.54) is 0 Å². The quantitative estimate of drug-likeness (QED) is 0.243. The van der Waals surface area contributed by atoms with Crippen LogP contribution in [0.2, 0.25) is 0 Å². The molecule has 0 aliphatic heterocycles. The Bertz CT molecular complexity index is 2250. The first-order valence-corrected chi connectivity index (χ1v) is 13.0. The van der Waals surface area contributed by atoms with Gasteiger partial charge in [0.05, 0.1) is 27.5 Å². The van der Waals surface area contributed by atoms with E-state index in [1.54, 1.807) is 4.57 Å². The van der Waals surface area contributed by atoms with Gasteiger partial charge < -0.3 is 8.98 Å². The van der Waals surface area contributed by atoms with Crippen molar-refractivity contribution in [2.45, 2.75) is 0 Å². The number of para-hydroxylation sites is 2. The van der Waals surface area contributed by atoms with Crippen molar-refractivity contribution in [3.05, 3.63) is 144 Å². The van der Waals surface area contributed by atoms with Crippen LogP contribution < -0.4 is 5.56 Å². The topological polar surface area (TPSA) is 40.1 Å². The van der Waals surface area contributed by atoms with Crippen LogP contribution in [-0.2, 0) is 0 Å². The molecule has 0 saturated heterocycles. The number of aromatic nitrogens is 2. The van der Waals surface area contributed by atoms with Crippen molar-refractivity contribution in [3.63, 3.8) is 0 Å². The number of fused-ring (bicyclic) bond motifs is 6. The molecule has 0 fully saturated rings. The van der Waals surface area contributed by atoms with Gasteiger partial charge in [-0.3, -0.25) is 9.36 Å². The number of nitrogens with zero attached hydrogens (tertiary/aromatic N) is 2. The Hall–Kier alpha value is -5.35. The minimum Gasteiger partial charge on any atom is -0.456 e. The SMILES string of the molecule is O=c1c2c3ccccc3n(-c3cccc(-c4ccccc4)c3)c2ccn1-c1cccc2oc3ccccc3c12. The molecule has 0 N–H and O–H groups in total. The zero-order valence-electron chi connectivity index (χ0n) is 20.9. The average molecular weight is 503 g/mol. The summed E-state index contributed by atoms with van der Waals surface area (Å²) in [6, 6.07) is 42.9. The molecule has 4 heteroatoms. The minimum absolute atomic E-state index is 0.0561. The Morgan fingerprint density at radius 1 is 0.538 bits per heavy atom. The van der Waals surface area contributed by atoms with Gasteiger partial charge in [0.1, 0.15) is 11.2 Å². The molecule has 3 aromatic heterocycles. The van der Waals surface area contributed by atoms with E-state index >= 15 is 0 Å². The smallest absolute Gasteiger partial charge is 0.265 e. The first-order chi connectivity index (χ1) is 19.3. The predicted molar refractivity (Wildman–Crippen MR) is 159 cm³/mol. The van der Waals surface area contributed by atoms with E-state index < -0.39 is 0 Å². The van der Waals surface area contributed by atoms with E-state index in [2.05, 4.69) is 59.2 Å². The maximum atomic E-state index is 14.3. The summed E-state index contributed by atoms with van der Waals surface area (Å²) in [6.07, 6.45) is 1.89. The van der Waals surface area contributed by atoms with Crippen LogP contribution >= 0.6 is 0 Å². The van der Waals surface area contributed by atoms with Crippen molar-refractivity contribution < 1.29 is 4.42 Å². The number of rotatable bonds is 3. The Morgan fingerprint density at radius 2 is 1.26 bits per heavy atom. The fraction of sp³-hybridized carbons (Fsp3) is 0. The number of hydrogen-bond acceptors (Lipinski definition) is 2. The molecule has 0 spiro atoms. The zero-order valence-corrected chi connectivity index (χ0v) is 20.9. The minimum atomic E-state index is -0.0561. The van der Waals surface area contributed by atoms with Crippen LogP contribution in [0.25, 0.3) is 66.2 Å². The summed E-state index contributed by atoms with van der Waals surface area (Å²) in [7, 11) is 0. The molecule has 0 aliphatic rings. The lowest BCUT2D eigenvalue weighted by atomic mass is 10.1. The van der Waals surface area contributed by atoms with Crippen LogP contribution in [0.3, 0.4) is 0 Å². The van der Waals surface area contributed by atoms with Crippen LogP contribution in [-0.4, -0.2) is 9.13 Å². The number of hydrogen-bond donors (Lipinski definition) is 0. The zero-order chi connectivity index (χ0) is 25.9. The Labute approximate surface area is 223 Å². The standard InChI is InChI=1S/C35H22N2O2/c38-35-34-26-14-4-6-16-28(26)37(25-13-8-12-24(22-25)23-10-2-1-3-11-23)30(34)20-21-36(35)29-17-9-19-32-33(29)27-15-5-7-18-31(27)39-32/h1-22H. The van der Waals surface area contributed by atoms with Gasteiger partial charge in [-0.2, -0.15) is 0 Å². The highest BCUT2D eigenvalue weighted by Gasteiger charge is 2.19. The molecule has 8 rings (SSSR count). The Balaban J connectivity index is 1.42. The molecule has 0 amide bonds. The molecule has 4 nitrogen and oxygen atoms in total. The molecule has 0 radical (unpaired) electrons. The molecule has 3 heterocycles. The molecule has 8 aromatic rings. The van der Waals surface area contributed by atoms with Gasteiger partial charge in [-0.25, -0.2) is 0 Å². The van der Waals surface area contributed by atoms with Gasteiger partial charge in [-0.05, 0) is 53.6 Å². The molecule has 184 valence electrons. The highest BCUT2D eigenvalue weighted by Crippen LogP contribution is 2.35. The third kappa shape index (κ3) is 3.22. The molecule has 0 saturated carbocycles. The lowest BCUT2D eigenvalue weighted by Gasteiger charge is -2.11. The first kappa shape index (κ1) is 21.7. The maximum Gasteiger partial charge on any atom is 0.265 e. The Morgan fingerprint density at radius 3 is 2.15 bits per heavy atom. The molecule has 0 atom stereocenters. The van der Waals surface area contributed by atoms with Gasteiger partial charge >= 0.3 is 0 Å². The van der Waals surface area contributed by atoms with E-state index in [-0.39, 0.29) is 5.56 Å². The normalized spacial score (nSPS) is 11.7. The van der Waals surface area contributed by atoms with E-state index in [0.29, 0.717) is 5.39 Å². The first-order valence-electron chi connectivity index (χ1n) is 13.0.